The predicted octanol–water partition coefficient (Wildman–Crippen LogP) is 0.507. The average Bonchev–Trinajstić information content (AvgIpc) is 2.19. The van der Waals surface area contributed by atoms with E-state index in [9.17, 15) is 4.79 Å². The number of rotatable bonds is 5. The summed E-state index contributed by atoms with van der Waals surface area (Å²) in [4.78, 5) is 14.2. The van der Waals surface area contributed by atoms with E-state index in [1.54, 1.807) is 6.07 Å². The van der Waals surface area contributed by atoms with Crippen molar-refractivity contribution in [2.45, 2.75) is 6.42 Å². The van der Waals surface area contributed by atoms with Gasteiger partial charge in [0, 0.05) is 12.3 Å². The molecule has 1 rings (SSSR count). The van der Waals surface area contributed by atoms with Crippen molar-refractivity contribution in [3.63, 3.8) is 0 Å². The van der Waals surface area contributed by atoms with Gasteiger partial charge in [-0.15, -0.1) is 0 Å². The third-order valence-corrected chi connectivity index (χ3v) is 1.57. The molecule has 3 N–H and O–H groups in total. The average molecular weight is 196 g/mol. The maximum absolute atomic E-state index is 10.5. The number of carboxylic acids is 1. The minimum absolute atomic E-state index is 0.0183. The monoisotopic (exact) mass is 196 g/mol. The lowest BCUT2D eigenvalue weighted by atomic mass is 10.3. The number of carboxylic acid groups (broad SMARTS) is 1. The molecule has 0 aromatic carbocycles. The minimum Gasteiger partial charge on any atom is -0.493 e. The Labute approximate surface area is 81.5 Å². The molecule has 0 saturated heterocycles. The summed E-state index contributed by atoms with van der Waals surface area (Å²) < 4.78 is 5.25. The summed E-state index contributed by atoms with van der Waals surface area (Å²) in [5.41, 5.74) is 5.27. The van der Waals surface area contributed by atoms with Gasteiger partial charge in [-0.1, -0.05) is 0 Å². The van der Waals surface area contributed by atoms with Crippen molar-refractivity contribution in [1.82, 2.24) is 4.98 Å². The summed E-state index contributed by atoms with van der Waals surface area (Å²) in [5, 5.41) is 8.64. The van der Waals surface area contributed by atoms with Gasteiger partial charge in [0.05, 0.1) is 6.61 Å². The molecule has 0 saturated carbocycles. The van der Waals surface area contributed by atoms with E-state index < -0.39 is 5.97 Å². The van der Waals surface area contributed by atoms with Gasteiger partial charge in [0.2, 0.25) is 0 Å². The molecule has 0 aliphatic rings. The summed E-state index contributed by atoms with van der Waals surface area (Å²) in [6.07, 6.45) is 2.14. The largest absolute Gasteiger partial charge is 0.493 e. The van der Waals surface area contributed by atoms with Gasteiger partial charge in [-0.3, -0.25) is 0 Å². The van der Waals surface area contributed by atoms with Crippen LogP contribution in [0.2, 0.25) is 0 Å². The van der Waals surface area contributed by atoms with Crippen LogP contribution in [0.3, 0.4) is 0 Å². The van der Waals surface area contributed by atoms with Gasteiger partial charge >= 0.3 is 5.97 Å². The Morgan fingerprint density at radius 1 is 1.64 bits per heavy atom. The first-order valence-corrected chi connectivity index (χ1v) is 4.26. The fourth-order valence-corrected chi connectivity index (χ4v) is 0.891. The Bertz CT molecular complexity index is 315. The molecule has 0 radical (unpaired) electrons. The Morgan fingerprint density at radius 2 is 2.43 bits per heavy atom. The molecule has 0 aliphatic heterocycles. The number of aromatic nitrogens is 1. The smallest absolute Gasteiger partial charge is 0.354 e. The molecule has 14 heavy (non-hydrogen) atoms. The first-order chi connectivity index (χ1) is 6.74. The third kappa shape index (κ3) is 3.02. The summed E-state index contributed by atoms with van der Waals surface area (Å²) in [7, 11) is 0. The number of ether oxygens (including phenoxy) is 1. The van der Waals surface area contributed by atoms with E-state index >= 15 is 0 Å². The fourth-order valence-electron chi connectivity index (χ4n) is 0.891. The van der Waals surface area contributed by atoms with E-state index in [0.717, 1.165) is 6.42 Å². The van der Waals surface area contributed by atoms with Crippen molar-refractivity contribution in [2.75, 3.05) is 13.2 Å². The maximum Gasteiger partial charge on any atom is 0.354 e. The molecular formula is C9H12N2O3. The summed E-state index contributed by atoms with van der Waals surface area (Å²) in [5.74, 6) is -0.555. The highest BCUT2D eigenvalue weighted by Gasteiger charge is 2.04. The number of carbonyl (C=O) groups is 1. The topological polar surface area (TPSA) is 85.4 Å². The van der Waals surface area contributed by atoms with E-state index in [4.69, 9.17) is 15.6 Å². The van der Waals surface area contributed by atoms with Gasteiger partial charge in [-0.25, -0.2) is 9.78 Å². The molecule has 0 unspecified atom stereocenters. The molecule has 5 heteroatoms. The maximum atomic E-state index is 10.5. The van der Waals surface area contributed by atoms with Crippen LogP contribution in [0.15, 0.2) is 18.3 Å². The zero-order valence-electron chi connectivity index (χ0n) is 7.64. The zero-order valence-corrected chi connectivity index (χ0v) is 7.64. The van der Waals surface area contributed by atoms with Gasteiger partial charge in [0.1, 0.15) is 5.75 Å². The van der Waals surface area contributed by atoms with Crippen LogP contribution in [0.1, 0.15) is 16.9 Å². The lowest BCUT2D eigenvalue weighted by molar-refractivity contribution is 0.0690. The number of hydrogen-bond donors (Lipinski definition) is 2. The van der Waals surface area contributed by atoms with Crippen LogP contribution in [0.25, 0.3) is 0 Å². The molecular weight excluding hydrogens is 184 g/mol. The van der Waals surface area contributed by atoms with Crippen LogP contribution in [0, 0.1) is 0 Å². The normalized spacial score (nSPS) is 9.79. The van der Waals surface area contributed by atoms with Gasteiger partial charge in [-0.2, -0.15) is 0 Å². The van der Waals surface area contributed by atoms with Crippen molar-refractivity contribution in [1.29, 1.82) is 0 Å². The highest BCUT2D eigenvalue weighted by atomic mass is 16.5. The molecule has 0 spiro atoms. The lowest BCUT2D eigenvalue weighted by Crippen LogP contribution is -2.07. The van der Waals surface area contributed by atoms with Crippen LogP contribution >= 0.6 is 0 Å². The third-order valence-electron chi connectivity index (χ3n) is 1.57. The molecule has 0 aliphatic carbocycles. The van der Waals surface area contributed by atoms with Crippen molar-refractivity contribution >= 4 is 5.97 Å². The van der Waals surface area contributed by atoms with Gasteiger partial charge in [0.15, 0.2) is 5.69 Å². The Balaban J connectivity index is 2.59. The number of nitrogens with zero attached hydrogens (tertiary/aromatic N) is 1. The minimum atomic E-state index is -1.06. The van der Waals surface area contributed by atoms with Crippen molar-refractivity contribution in [2.24, 2.45) is 5.73 Å². The van der Waals surface area contributed by atoms with Gasteiger partial charge < -0.3 is 15.6 Å². The number of nitrogens with two attached hydrogens (primary N) is 1. The molecule has 1 heterocycles. The standard InChI is InChI=1S/C9H12N2O3/c10-3-1-5-14-7-2-4-11-8(6-7)9(12)13/h2,4,6H,1,3,5,10H2,(H,12,13). The van der Waals surface area contributed by atoms with Crippen LogP contribution in [0.5, 0.6) is 5.75 Å². The van der Waals surface area contributed by atoms with E-state index in [1.807, 2.05) is 0 Å². The van der Waals surface area contributed by atoms with Gasteiger partial charge in [0.25, 0.3) is 0 Å². The SMILES string of the molecule is NCCCOc1ccnc(C(=O)O)c1. The molecule has 0 fully saturated rings. The van der Waals surface area contributed by atoms with Crippen molar-refractivity contribution < 1.29 is 14.6 Å². The van der Waals surface area contributed by atoms with Crippen LogP contribution < -0.4 is 10.5 Å². The van der Waals surface area contributed by atoms with E-state index in [2.05, 4.69) is 4.98 Å². The van der Waals surface area contributed by atoms with Crippen molar-refractivity contribution in [3.8, 4) is 5.75 Å². The number of pyridine rings is 1. The molecule has 76 valence electrons. The Morgan fingerprint density at radius 3 is 3.07 bits per heavy atom. The van der Waals surface area contributed by atoms with Gasteiger partial charge in [-0.05, 0) is 19.0 Å². The zero-order chi connectivity index (χ0) is 10.4. The molecule has 5 nitrogen and oxygen atoms in total. The van der Waals surface area contributed by atoms with Crippen LogP contribution in [-0.4, -0.2) is 29.2 Å². The van der Waals surface area contributed by atoms with Crippen LogP contribution in [0.4, 0.5) is 0 Å². The quantitative estimate of drug-likeness (QED) is 0.670. The molecule has 1 aromatic heterocycles. The van der Waals surface area contributed by atoms with E-state index in [1.165, 1.54) is 12.3 Å². The highest BCUT2D eigenvalue weighted by molar-refractivity contribution is 5.85. The molecule has 1 aromatic rings. The molecule has 0 atom stereocenters. The molecule has 0 bridgehead atoms. The van der Waals surface area contributed by atoms with Crippen molar-refractivity contribution in [3.05, 3.63) is 24.0 Å². The molecule has 0 amide bonds. The fraction of sp³-hybridized carbons (Fsp3) is 0.333. The summed E-state index contributed by atoms with van der Waals surface area (Å²) in [6, 6.07) is 3.00. The second kappa shape index (κ2) is 5.18. The van der Waals surface area contributed by atoms with Crippen LogP contribution in [-0.2, 0) is 0 Å². The van der Waals surface area contributed by atoms with E-state index in [0.29, 0.717) is 18.9 Å². The highest BCUT2D eigenvalue weighted by Crippen LogP contribution is 2.10. The Hall–Kier alpha value is -1.62. The second-order valence-corrected chi connectivity index (χ2v) is 2.67. The first kappa shape index (κ1) is 10.5. The first-order valence-electron chi connectivity index (χ1n) is 4.26. The lowest BCUT2D eigenvalue weighted by Gasteiger charge is -2.04. The number of hydrogen-bond acceptors (Lipinski definition) is 4. The second-order valence-electron chi connectivity index (χ2n) is 2.67. The predicted molar refractivity (Wildman–Crippen MR) is 50.4 cm³/mol. The summed E-state index contributed by atoms with van der Waals surface area (Å²) in [6.45, 7) is 1.04. The Kier molecular flexibility index (Phi) is 3.87. The summed E-state index contributed by atoms with van der Waals surface area (Å²) >= 11 is 0. The van der Waals surface area contributed by atoms with E-state index in [-0.39, 0.29) is 5.69 Å². The number of aromatic carboxylic acids is 1.